The Morgan fingerprint density at radius 3 is 3.00 bits per heavy atom. The molecule has 0 saturated heterocycles. The van der Waals surface area contributed by atoms with Gasteiger partial charge in [0, 0.05) is 24.5 Å². The fourth-order valence-corrected chi connectivity index (χ4v) is 2.94. The quantitative estimate of drug-likeness (QED) is 0.926. The molecule has 0 atom stereocenters. The van der Waals surface area contributed by atoms with E-state index in [2.05, 4.69) is 32.0 Å². The van der Waals surface area contributed by atoms with Crippen LogP contribution in [-0.2, 0) is 19.4 Å². The number of hydrogen-bond acceptors (Lipinski definition) is 3. The van der Waals surface area contributed by atoms with Crippen LogP contribution in [0.5, 0.6) is 0 Å². The number of pyridine rings is 1. The molecule has 2 aromatic rings. The molecule has 1 fully saturated rings. The molecule has 2 heterocycles. The van der Waals surface area contributed by atoms with Crippen LogP contribution < -0.4 is 5.32 Å². The lowest BCUT2D eigenvalue weighted by Crippen LogP contribution is -2.16. The number of rotatable bonds is 4. The zero-order valence-electron chi connectivity index (χ0n) is 11.7. The van der Waals surface area contributed by atoms with Gasteiger partial charge in [0.05, 0.1) is 23.4 Å². The smallest absolute Gasteiger partial charge is 0.0997 e. The van der Waals surface area contributed by atoms with Gasteiger partial charge in [-0.3, -0.25) is 4.98 Å². The van der Waals surface area contributed by atoms with Gasteiger partial charge in [-0.15, -0.1) is 0 Å². The second-order valence-corrected chi connectivity index (χ2v) is 5.88. The Labute approximate surface area is 119 Å². The topological polar surface area (TPSA) is 42.7 Å². The number of fused-ring (bicyclic) bond motifs is 1. The molecule has 4 heteroatoms. The van der Waals surface area contributed by atoms with Gasteiger partial charge in [0.15, 0.2) is 0 Å². The molecule has 0 aromatic carbocycles. The third-order valence-corrected chi connectivity index (χ3v) is 4.26. The molecule has 0 radical (unpaired) electrons. The second kappa shape index (κ2) is 5.02. The van der Waals surface area contributed by atoms with Crippen molar-refractivity contribution in [1.29, 1.82) is 0 Å². The zero-order chi connectivity index (χ0) is 13.4. The van der Waals surface area contributed by atoms with E-state index in [4.69, 9.17) is 0 Å². The molecule has 0 aliphatic heterocycles. The van der Waals surface area contributed by atoms with E-state index in [-0.39, 0.29) is 0 Å². The summed E-state index contributed by atoms with van der Waals surface area (Å²) in [6, 6.07) is 4.99. The van der Waals surface area contributed by atoms with E-state index in [1.807, 2.05) is 12.5 Å². The number of nitrogens with zero attached hydrogens (tertiary/aromatic N) is 3. The van der Waals surface area contributed by atoms with Gasteiger partial charge in [-0.2, -0.15) is 0 Å². The summed E-state index contributed by atoms with van der Waals surface area (Å²) in [5.41, 5.74) is 4.99. The summed E-state index contributed by atoms with van der Waals surface area (Å²) in [4.78, 5) is 9.04. The predicted octanol–water partition coefficient (Wildman–Crippen LogP) is 2.40. The average Bonchev–Trinajstić information content (AvgIpc) is 3.23. The number of aromatic nitrogens is 3. The molecule has 2 aliphatic rings. The third-order valence-electron chi connectivity index (χ3n) is 4.26. The average molecular weight is 268 g/mol. The summed E-state index contributed by atoms with van der Waals surface area (Å²) in [5, 5.41) is 3.52. The first-order chi connectivity index (χ1) is 9.90. The summed E-state index contributed by atoms with van der Waals surface area (Å²) in [6.07, 6.45) is 11.3. The van der Waals surface area contributed by atoms with Crippen molar-refractivity contribution in [3.8, 4) is 5.69 Å². The summed E-state index contributed by atoms with van der Waals surface area (Å²) in [7, 11) is 0. The Hall–Kier alpha value is -1.68. The van der Waals surface area contributed by atoms with Crippen LogP contribution in [0.1, 0.15) is 42.8 Å². The highest BCUT2D eigenvalue weighted by Gasteiger charge is 2.20. The van der Waals surface area contributed by atoms with Gasteiger partial charge < -0.3 is 9.88 Å². The van der Waals surface area contributed by atoms with Crippen LogP contribution in [0.2, 0.25) is 0 Å². The lowest BCUT2D eigenvalue weighted by Gasteiger charge is -2.14. The molecule has 4 nitrogen and oxygen atoms in total. The minimum absolute atomic E-state index is 0.724. The van der Waals surface area contributed by atoms with Gasteiger partial charge >= 0.3 is 0 Å². The Bertz CT molecular complexity index is 613. The van der Waals surface area contributed by atoms with Gasteiger partial charge in [-0.1, -0.05) is 0 Å². The summed E-state index contributed by atoms with van der Waals surface area (Å²) in [5.74, 6) is 0. The molecular weight excluding hydrogens is 248 g/mol. The monoisotopic (exact) mass is 268 g/mol. The maximum absolute atomic E-state index is 4.57. The minimum atomic E-state index is 0.724. The highest BCUT2D eigenvalue weighted by molar-refractivity contribution is 5.36. The fourth-order valence-electron chi connectivity index (χ4n) is 2.94. The van der Waals surface area contributed by atoms with Crippen molar-refractivity contribution in [2.75, 3.05) is 0 Å². The van der Waals surface area contributed by atoms with Crippen LogP contribution in [0.3, 0.4) is 0 Å². The van der Waals surface area contributed by atoms with E-state index in [0.29, 0.717) is 0 Å². The summed E-state index contributed by atoms with van der Waals surface area (Å²) >= 11 is 0. The molecule has 0 unspecified atom stereocenters. The Morgan fingerprint density at radius 2 is 2.10 bits per heavy atom. The molecule has 1 N–H and O–H groups in total. The normalized spacial score (nSPS) is 18.0. The van der Waals surface area contributed by atoms with E-state index in [0.717, 1.165) is 31.1 Å². The van der Waals surface area contributed by atoms with E-state index < -0.39 is 0 Å². The molecule has 0 spiro atoms. The van der Waals surface area contributed by atoms with E-state index in [1.54, 1.807) is 0 Å². The van der Waals surface area contributed by atoms with Gasteiger partial charge in [-0.05, 0) is 50.7 Å². The van der Waals surface area contributed by atoms with Crippen LogP contribution in [0.25, 0.3) is 5.69 Å². The van der Waals surface area contributed by atoms with Crippen molar-refractivity contribution in [2.45, 2.75) is 51.1 Å². The van der Waals surface area contributed by atoms with Crippen molar-refractivity contribution in [2.24, 2.45) is 0 Å². The van der Waals surface area contributed by atoms with Gasteiger partial charge in [0.1, 0.15) is 0 Å². The number of aryl methyl sites for hydroxylation is 1. The first-order valence-corrected chi connectivity index (χ1v) is 7.64. The van der Waals surface area contributed by atoms with Crippen molar-refractivity contribution in [3.05, 3.63) is 41.7 Å². The van der Waals surface area contributed by atoms with Crippen molar-refractivity contribution >= 4 is 0 Å². The molecule has 4 rings (SSSR count). The van der Waals surface area contributed by atoms with E-state index >= 15 is 0 Å². The zero-order valence-corrected chi connectivity index (χ0v) is 11.7. The first kappa shape index (κ1) is 12.1. The molecule has 2 aliphatic carbocycles. The predicted molar refractivity (Wildman–Crippen MR) is 77.9 cm³/mol. The van der Waals surface area contributed by atoms with Gasteiger partial charge in [-0.25, -0.2) is 4.98 Å². The van der Waals surface area contributed by atoms with Crippen LogP contribution in [-0.4, -0.2) is 20.6 Å². The fraction of sp³-hybridized carbons (Fsp3) is 0.500. The standard InChI is InChI=1S/C16H20N4/c1-2-4-16-15(3-1)19-11-20(16)14-7-8-17-13(9-14)10-18-12-5-6-12/h7-9,11-12,18H,1-6,10H2. The minimum Gasteiger partial charge on any atom is -0.308 e. The number of imidazole rings is 1. The van der Waals surface area contributed by atoms with Crippen molar-refractivity contribution < 1.29 is 0 Å². The van der Waals surface area contributed by atoms with Crippen LogP contribution in [0.15, 0.2) is 24.7 Å². The lowest BCUT2D eigenvalue weighted by molar-refractivity contribution is 0.654. The Balaban J connectivity index is 1.60. The molecule has 2 aromatic heterocycles. The lowest BCUT2D eigenvalue weighted by atomic mass is 10.0. The molecule has 0 bridgehead atoms. The highest BCUT2D eigenvalue weighted by atomic mass is 15.1. The maximum Gasteiger partial charge on any atom is 0.0997 e. The molecule has 104 valence electrons. The molecule has 20 heavy (non-hydrogen) atoms. The third kappa shape index (κ3) is 2.36. The summed E-state index contributed by atoms with van der Waals surface area (Å²) in [6.45, 7) is 0.870. The van der Waals surface area contributed by atoms with E-state index in [9.17, 15) is 0 Å². The van der Waals surface area contributed by atoms with Gasteiger partial charge in [0.25, 0.3) is 0 Å². The van der Waals surface area contributed by atoms with Crippen molar-refractivity contribution in [3.63, 3.8) is 0 Å². The van der Waals surface area contributed by atoms with Gasteiger partial charge in [0.2, 0.25) is 0 Å². The Kier molecular flexibility index (Phi) is 3.03. The molecule has 0 amide bonds. The largest absolute Gasteiger partial charge is 0.308 e. The maximum atomic E-state index is 4.57. The number of nitrogens with one attached hydrogen (secondary N) is 1. The highest BCUT2D eigenvalue weighted by Crippen LogP contribution is 2.23. The molecular formula is C16H20N4. The first-order valence-electron chi connectivity index (χ1n) is 7.64. The number of hydrogen-bond donors (Lipinski definition) is 1. The SMILES string of the molecule is c1cc(-n2cnc3c2CCCC3)cc(CNC2CC2)n1. The Morgan fingerprint density at radius 1 is 1.20 bits per heavy atom. The molecule has 1 saturated carbocycles. The van der Waals surface area contributed by atoms with Crippen LogP contribution >= 0.6 is 0 Å². The van der Waals surface area contributed by atoms with Crippen molar-refractivity contribution in [1.82, 2.24) is 19.9 Å². The van der Waals surface area contributed by atoms with E-state index in [1.165, 1.54) is 42.8 Å². The van der Waals surface area contributed by atoms with Crippen LogP contribution in [0.4, 0.5) is 0 Å². The van der Waals surface area contributed by atoms with Crippen LogP contribution in [0, 0.1) is 0 Å². The second-order valence-electron chi connectivity index (χ2n) is 5.88. The summed E-state index contributed by atoms with van der Waals surface area (Å²) < 4.78 is 2.25.